The van der Waals surface area contributed by atoms with Crippen molar-refractivity contribution in [1.29, 1.82) is 0 Å². The van der Waals surface area contributed by atoms with Crippen molar-refractivity contribution >= 4 is 40.9 Å². The Balaban J connectivity index is 1.57. The summed E-state index contributed by atoms with van der Waals surface area (Å²) in [5.41, 5.74) is 1.16. The Bertz CT molecular complexity index is 1070. The topological polar surface area (TPSA) is 98.1 Å². The van der Waals surface area contributed by atoms with Crippen LogP contribution in [0.5, 0.6) is 5.75 Å². The van der Waals surface area contributed by atoms with Crippen LogP contribution in [0.15, 0.2) is 53.7 Å². The highest BCUT2D eigenvalue weighted by molar-refractivity contribution is 7.99. The van der Waals surface area contributed by atoms with Gasteiger partial charge in [-0.2, -0.15) is 0 Å². The molecule has 0 aliphatic heterocycles. The third-order valence-electron chi connectivity index (χ3n) is 4.40. The average molecular weight is 460 g/mol. The minimum absolute atomic E-state index is 0.161. The van der Waals surface area contributed by atoms with E-state index in [1.165, 1.54) is 11.8 Å². The number of nitrogens with one attached hydrogen (secondary N) is 2. The molecule has 0 bridgehead atoms. The second-order valence-electron chi connectivity index (χ2n) is 6.67. The van der Waals surface area contributed by atoms with E-state index >= 15 is 0 Å². The first kappa shape index (κ1) is 22.6. The molecule has 0 aliphatic rings. The lowest BCUT2D eigenvalue weighted by atomic mass is 10.2. The van der Waals surface area contributed by atoms with Gasteiger partial charge in [0.25, 0.3) is 5.91 Å². The summed E-state index contributed by atoms with van der Waals surface area (Å²) < 4.78 is 6.91. The maximum absolute atomic E-state index is 12.4. The number of hydrogen-bond acceptors (Lipinski definition) is 6. The minimum atomic E-state index is -0.374. The van der Waals surface area contributed by atoms with Gasteiger partial charge in [0.1, 0.15) is 5.75 Å². The van der Waals surface area contributed by atoms with Gasteiger partial charge in [-0.15, -0.1) is 10.2 Å². The summed E-state index contributed by atoms with van der Waals surface area (Å²) in [5, 5.41) is 15.2. The Labute approximate surface area is 189 Å². The molecule has 1 atom stereocenters. The van der Waals surface area contributed by atoms with Crippen molar-refractivity contribution in [2.24, 2.45) is 7.05 Å². The van der Waals surface area contributed by atoms with Crippen LogP contribution < -0.4 is 15.4 Å². The zero-order valence-corrected chi connectivity index (χ0v) is 18.8. The zero-order chi connectivity index (χ0) is 22.4. The number of amides is 2. The lowest BCUT2D eigenvalue weighted by Crippen LogP contribution is -2.28. The number of anilines is 1. The zero-order valence-electron chi connectivity index (χ0n) is 17.3. The predicted molar refractivity (Wildman–Crippen MR) is 121 cm³/mol. The maximum atomic E-state index is 12.4. The molecular weight excluding hydrogens is 438 g/mol. The van der Waals surface area contributed by atoms with Crippen molar-refractivity contribution in [3.63, 3.8) is 0 Å². The molecule has 31 heavy (non-hydrogen) atoms. The molecule has 3 aromatic rings. The van der Waals surface area contributed by atoms with Gasteiger partial charge in [0, 0.05) is 29.4 Å². The van der Waals surface area contributed by atoms with E-state index in [9.17, 15) is 9.59 Å². The van der Waals surface area contributed by atoms with Gasteiger partial charge in [-0.05, 0) is 43.3 Å². The molecular formula is C21H22ClN5O3S. The molecule has 2 N–H and O–H groups in total. The second kappa shape index (κ2) is 10.3. The van der Waals surface area contributed by atoms with E-state index in [2.05, 4.69) is 20.8 Å². The Kier molecular flexibility index (Phi) is 7.54. The summed E-state index contributed by atoms with van der Waals surface area (Å²) in [6.45, 7) is 1.82. The first-order valence-electron chi connectivity index (χ1n) is 9.40. The van der Waals surface area contributed by atoms with Gasteiger partial charge in [0.2, 0.25) is 5.91 Å². The van der Waals surface area contributed by atoms with E-state index in [4.69, 9.17) is 16.3 Å². The number of carbonyl (C=O) groups is 2. The molecule has 0 fully saturated rings. The highest BCUT2D eigenvalue weighted by atomic mass is 35.5. The standard InChI is InChI=1S/C21H22ClN5O3S/c1-13(23-20(29)14-7-9-15(22)10-8-14)19-25-26-21(27(19)2)31-12-18(28)24-16-5-4-6-17(11-16)30-3/h4-11,13H,12H2,1-3H3,(H,23,29)(H,24,28)/t13-/m0/s1. The molecule has 0 unspecified atom stereocenters. The number of hydrogen-bond donors (Lipinski definition) is 2. The van der Waals surface area contributed by atoms with E-state index < -0.39 is 0 Å². The summed E-state index contributed by atoms with van der Waals surface area (Å²) in [4.78, 5) is 24.7. The highest BCUT2D eigenvalue weighted by Crippen LogP contribution is 2.21. The van der Waals surface area contributed by atoms with E-state index in [1.807, 2.05) is 6.92 Å². The number of halogens is 1. The fourth-order valence-corrected chi connectivity index (χ4v) is 3.65. The Hall–Kier alpha value is -3.04. The van der Waals surface area contributed by atoms with E-state index in [0.29, 0.717) is 33.0 Å². The number of carbonyl (C=O) groups excluding carboxylic acids is 2. The predicted octanol–water partition coefficient (Wildman–Crippen LogP) is 3.70. The van der Waals surface area contributed by atoms with Gasteiger partial charge in [-0.3, -0.25) is 9.59 Å². The van der Waals surface area contributed by atoms with Crippen LogP contribution in [-0.4, -0.2) is 39.4 Å². The van der Waals surface area contributed by atoms with Crippen LogP contribution in [0.2, 0.25) is 5.02 Å². The van der Waals surface area contributed by atoms with Crippen LogP contribution in [0.4, 0.5) is 5.69 Å². The van der Waals surface area contributed by atoms with Crippen LogP contribution in [0, 0.1) is 0 Å². The van der Waals surface area contributed by atoms with Gasteiger partial charge in [-0.25, -0.2) is 0 Å². The Morgan fingerprint density at radius 2 is 1.94 bits per heavy atom. The Morgan fingerprint density at radius 3 is 2.65 bits per heavy atom. The number of rotatable bonds is 8. The lowest BCUT2D eigenvalue weighted by Gasteiger charge is -2.13. The molecule has 0 radical (unpaired) electrons. The molecule has 2 amide bonds. The van der Waals surface area contributed by atoms with Crippen LogP contribution in [0.1, 0.15) is 29.1 Å². The lowest BCUT2D eigenvalue weighted by molar-refractivity contribution is -0.113. The minimum Gasteiger partial charge on any atom is -0.497 e. The number of benzene rings is 2. The molecule has 3 rings (SSSR count). The van der Waals surface area contributed by atoms with Gasteiger partial charge < -0.3 is 19.9 Å². The average Bonchev–Trinajstić information content (AvgIpc) is 3.13. The van der Waals surface area contributed by atoms with Crippen molar-refractivity contribution < 1.29 is 14.3 Å². The smallest absolute Gasteiger partial charge is 0.251 e. The molecule has 8 nitrogen and oxygen atoms in total. The second-order valence-corrected chi connectivity index (χ2v) is 8.05. The summed E-state index contributed by atoms with van der Waals surface area (Å²) in [7, 11) is 3.36. The number of thioether (sulfide) groups is 1. The first-order chi connectivity index (χ1) is 14.9. The highest BCUT2D eigenvalue weighted by Gasteiger charge is 2.19. The summed E-state index contributed by atoms with van der Waals surface area (Å²) >= 11 is 7.12. The molecule has 162 valence electrons. The molecule has 0 saturated carbocycles. The fourth-order valence-electron chi connectivity index (χ4n) is 2.80. The molecule has 10 heteroatoms. The van der Waals surface area contributed by atoms with Gasteiger partial charge in [0.05, 0.1) is 18.9 Å². The number of aromatic nitrogens is 3. The normalized spacial score (nSPS) is 11.6. The SMILES string of the molecule is COc1cccc(NC(=O)CSc2nnc([C@H](C)NC(=O)c3ccc(Cl)cc3)n2C)c1. The van der Waals surface area contributed by atoms with Crippen molar-refractivity contribution in [2.45, 2.75) is 18.1 Å². The van der Waals surface area contributed by atoms with Crippen LogP contribution in [0.25, 0.3) is 0 Å². The summed E-state index contributed by atoms with van der Waals surface area (Å²) in [6, 6.07) is 13.4. The number of nitrogens with zero attached hydrogens (tertiary/aromatic N) is 3. The molecule has 0 saturated heterocycles. The fraction of sp³-hybridized carbons (Fsp3) is 0.238. The number of methoxy groups -OCH3 is 1. The molecule has 1 heterocycles. The first-order valence-corrected chi connectivity index (χ1v) is 10.8. The molecule has 2 aromatic carbocycles. The van der Waals surface area contributed by atoms with Crippen molar-refractivity contribution in [3.8, 4) is 5.75 Å². The number of ether oxygens (including phenoxy) is 1. The van der Waals surface area contributed by atoms with Crippen molar-refractivity contribution in [3.05, 3.63) is 64.9 Å². The van der Waals surface area contributed by atoms with Gasteiger partial charge in [0.15, 0.2) is 11.0 Å². The monoisotopic (exact) mass is 459 g/mol. The summed E-state index contributed by atoms with van der Waals surface area (Å²) in [5.74, 6) is 0.997. The van der Waals surface area contributed by atoms with E-state index in [0.717, 1.165) is 0 Å². The van der Waals surface area contributed by atoms with Crippen LogP contribution in [-0.2, 0) is 11.8 Å². The van der Waals surface area contributed by atoms with E-state index in [1.54, 1.807) is 67.3 Å². The van der Waals surface area contributed by atoms with Crippen LogP contribution in [0.3, 0.4) is 0 Å². The quantitative estimate of drug-likeness (QED) is 0.498. The summed E-state index contributed by atoms with van der Waals surface area (Å²) in [6.07, 6.45) is 0. The van der Waals surface area contributed by atoms with Crippen molar-refractivity contribution in [1.82, 2.24) is 20.1 Å². The largest absolute Gasteiger partial charge is 0.497 e. The third kappa shape index (κ3) is 5.99. The van der Waals surface area contributed by atoms with Gasteiger partial charge >= 0.3 is 0 Å². The molecule has 1 aromatic heterocycles. The van der Waals surface area contributed by atoms with E-state index in [-0.39, 0.29) is 23.6 Å². The Morgan fingerprint density at radius 1 is 1.19 bits per heavy atom. The maximum Gasteiger partial charge on any atom is 0.251 e. The molecule has 0 aliphatic carbocycles. The van der Waals surface area contributed by atoms with Gasteiger partial charge in [-0.1, -0.05) is 29.4 Å². The van der Waals surface area contributed by atoms with Crippen LogP contribution >= 0.6 is 23.4 Å². The molecule has 0 spiro atoms. The third-order valence-corrected chi connectivity index (χ3v) is 5.67. The van der Waals surface area contributed by atoms with Crippen molar-refractivity contribution in [2.75, 3.05) is 18.2 Å².